The highest BCUT2D eigenvalue weighted by molar-refractivity contribution is 5.94. The van der Waals surface area contributed by atoms with E-state index in [1.807, 2.05) is 30.3 Å². The molecule has 0 atom stereocenters. The number of nitrogens with one attached hydrogen (secondary N) is 1. The van der Waals surface area contributed by atoms with Gasteiger partial charge in [-0.05, 0) is 24.3 Å². The van der Waals surface area contributed by atoms with Crippen molar-refractivity contribution in [3.63, 3.8) is 0 Å². The zero-order valence-electron chi connectivity index (χ0n) is 13.9. The zero-order chi connectivity index (χ0) is 19.3. The SMILES string of the molecule is O=C(NCc1cc(-c2ccccc2)ncn1)c1cccc(OC(F)(F)F)c1. The van der Waals surface area contributed by atoms with Crippen LogP contribution in [0.15, 0.2) is 67.0 Å². The molecule has 0 aliphatic heterocycles. The van der Waals surface area contributed by atoms with Crippen LogP contribution in [-0.4, -0.2) is 22.2 Å². The van der Waals surface area contributed by atoms with Gasteiger partial charge in [-0.25, -0.2) is 9.97 Å². The number of alkyl halides is 3. The lowest BCUT2D eigenvalue weighted by atomic mass is 10.1. The van der Waals surface area contributed by atoms with Crippen LogP contribution in [0.3, 0.4) is 0 Å². The summed E-state index contributed by atoms with van der Waals surface area (Å²) in [4.78, 5) is 20.5. The highest BCUT2D eigenvalue weighted by Crippen LogP contribution is 2.23. The van der Waals surface area contributed by atoms with Crippen molar-refractivity contribution in [1.82, 2.24) is 15.3 Å². The van der Waals surface area contributed by atoms with Crippen LogP contribution in [0.5, 0.6) is 5.75 Å². The van der Waals surface area contributed by atoms with Crippen LogP contribution in [0.2, 0.25) is 0 Å². The maximum absolute atomic E-state index is 12.3. The van der Waals surface area contributed by atoms with E-state index in [4.69, 9.17) is 0 Å². The molecule has 1 N–H and O–H groups in total. The Kier molecular flexibility index (Phi) is 5.35. The van der Waals surface area contributed by atoms with Crippen LogP contribution in [0, 0.1) is 0 Å². The number of carbonyl (C=O) groups excluding carboxylic acids is 1. The van der Waals surface area contributed by atoms with Crippen molar-refractivity contribution < 1.29 is 22.7 Å². The van der Waals surface area contributed by atoms with Gasteiger partial charge in [0.1, 0.15) is 12.1 Å². The van der Waals surface area contributed by atoms with Crippen LogP contribution in [0.25, 0.3) is 11.3 Å². The highest BCUT2D eigenvalue weighted by atomic mass is 19.4. The normalized spacial score (nSPS) is 11.1. The summed E-state index contributed by atoms with van der Waals surface area (Å²) in [6, 6.07) is 16.1. The summed E-state index contributed by atoms with van der Waals surface area (Å²) < 4.78 is 40.7. The van der Waals surface area contributed by atoms with Crippen molar-refractivity contribution in [3.05, 3.63) is 78.2 Å². The number of rotatable bonds is 5. The molecule has 0 radical (unpaired) electrons. The first kappa shape index (κ1) is 18.4. The van der Waals surface area contributed by atoms with Crippen molar-refractivity contribution in [3.8, 4) is 17.0 Å². The summed E-state index contributed by atoms with van der Waals surface area (Å²) in [6.07, 6.45) is -3.43. The fourth-order valence-electron chi connectivity index (χ4n) is 2.37. The Hall–Kier alpha value is -3.42. The molecule has 1 aromatic heterocycles. The van der Waals surface area contributed by atoms with Gasteiger partial charge in [-0.2, -0.15) is 0 Å². The second-order valence-corrected chi connectivity index (χ2v) is 5.52. The summed E-state index contributed by atoms with van der Waals surface area (Å²) in [5.74, 6) is -0.994. The molecule has 0 aliphatic carbocycles. The summed E-state index contributed by atoms with van der Waals surface area (Å²) in [5.41, 5.74) is 2.23. The third-order valence-corrected chi connectivity index (χ3v) is 3.55. The Morgan fingerprint density at radius 2 is 1.78 bits per heavy atom. The molecule has 3 rings (SSSR count). The van der Waals surface area contributed by atoms with Gasteiger partial charge < -0.3 is 10.1 Å². The average Bonchev–Trinajstić information content (AvgIpc) is 2.66. The number of carbonyl (C=O) groups is 1. The number of aromatic nitrogens is 2. The Labute approximate surface area is 152 Å². The molecule has 138 valence electrons. The molecule has 27 heavy (non-hydrogen) atoms. The number of amides is 1. The molecular weight excluding hydrogens is 359 g/mol. The Balaban J connectivity index is 1.67. The standard InChI is InChI=1S/C19H14F3N3O2/c20-19(21,22)27-16-8-4-7-14(9-16)18(26)23-11-15-10-17(25-12-24-15)13-5-2-1-3-6-13/h1-10,12H,11H2,(H,23,26). The maximum atomic E-state index is 12.3. The molecule has 1 heterocycles. The minimum Gasteiger partial charge on any atom is -0.406 e. The molecule has 3 aromatic rings. The van der Waals surface area contributed by atoms with E-state index in [1.165, 1.54) is 18.5 Å². The minimum absolute atomic E-state index is 0.0501. The first-order valence-corrected chi connectivity index (χ1v) is 7.91. The van der Waals surface area contributed by atoms with E-state index in [1.54, 1.807) is 6.07 Å². The lowest BCUT2D eigenvalue weighted by Crippen LogP contribution is -2.23. The first-order chi connectivity index (χ1) is 12.9. The molecule has 0 aliphatic rings. The quantitative estimate of drug-likeness (QED) is 0.735. The van der Waals surface area contributed by atoms with Gasteiger partial charge in [0.05, 0.1) is 17.9 Å². The second kappa shape index (κ2) is 7.86. The monoisotopic (exact) mass is 373 g/mol. The number of hydrogen-bond donors (Lipinski definition) is 1. The van der Waals surface area contributed by atoms with E-state index in [-0.39, 0.29) is 12.1 Å². The van der Waals surface area contributed by atoms with Gasteiger partial charge in [-0.1, -0.05) is 36.4 Å². The number of hydrogen-bond acceptors (Lipinski definition) is 4. The zero-order valence-corrected chi connectivity index (χ0v) is 13.9. The summed E-state index contributed by atoms with van der Waals surface area (Å²) >= 11 is 0. The molecule has 0 spiro atoms. The minimum atomic E-state index is -4.82. The number of benzene rings is 2. The van der Waals surface area contributed by atoms with Crippen molar-refractivity contribution in [2.24, 2.45) is 0 Å². The summed E-state index contributed by atoms with van der Waals surface area (Å²) in [7, 11) is 0. The van der Waals surface area contributed by atoms with E-state index >= 15 is 0 Å². The molecule has 5 nitrogen and oxygen atoms in total. The third-order valence-electron chi connectivity index (χ3n) is 3.55. The van der Waals surface area contributed by atoms with E-state index in [9.17, 15) is 18.0 Å². The molecule has 2 aromatic carbocycles. The van der Waals surface area contributed by atoms with Crippen LogP contribution in [0.4, 0.5) is 13.2 Å². The first-order valence-electron chi connectivity index (χ1n) is 7.91. The van der Waals surface area contributed by atoms with E-state index in [0.717, 1.165) is 17.7 Å². The van der Waals surface area contributed by atoms with E-state index in [2.05, 4.69) is 20.0 Å². The molecule has 0 saturated heterocycles. The molecule has 0 bridgehead atoms. The van der Waals surface area contributed by atoms with E-state index in [0.29, 0.717) is 11.4 Å². The van der Waals surface area contributed by atoms with E-state index < -0.39 is 18.0 Å². The Morgan fingerprint density at radius 1 is 1.00 bits per heavy atom. The molecular formula is C19H14F3N3O2. The van der Waals surface area contributed by atoms with Gasteiger partial charge in [0.15, 0.2) is 0 Å². The van der Waals surface area contributed by atoms with Gasteiger partial charge in [0, 0.05) is 11.1 Å². The fourth-order valence-corrected chi connectivity index (χ4v) is 2.37. The predicted octanol–water partition coefficient (Wildman–Crippen LogP) is 3.97. The maximum Gasteiger partial charge on any atom is 0.573 e. The van der Waals surface area contributed by atoms with Gasteiger partial charge in [-0.3, -0.25) is 4.79 Å². The number of halogens is 3. The van der Waals surface area contributed by atoms with Crippen molar-refractivity contribution in [2.45, 2.75) is 12.9 Å². The number of ether oxygens (including phenoxy) is 1. The molecule has 8 heteroatoms. The van der Waals surface area contributed by atoms with Gasteiger partial charge >= 0.3 is 6.36 Å². The molecule has 0 unspecified atom stereocenters. The lowest BCUT2D eigenvalue weighted by molar-refractivity contribution is -0.274. The third kappa shape index (κ3) is 5.27. The van der Waals surface area contributed by atoms with Gasteiger partial charge in [0.2, 0.25) is 0 Å². The average molecular weight is 373 g/mol. The van der Waals surface area contributed by atoms with Gasteiger partial charge in [0.25, 0.3) is 5.91 Å². The van der Waals surface area contributed by atoms with Crippen molar-refractivity contribution in [2.75, 3.05) is 0 Å². The van der Waals surface area contributed by atoms with Crippen LogP contribution >= 0.6 is 0 Å². The molecule has 0 fully saturated rings. The Bertz CT molecular complexity index is 931. The predicted molar refractivity (Wildman–Crippen MR) is 91.8 cm³/mol. The van der Waals surface area contributed by atoms with Crippen molar-refractivity contribution in [1.29, 1.82) is 0 Å². The smallest absolute Gasteiger partial charge is 0.406 e. The fraction of sp³-hybridized carbons (Fsp3) is 0.105. The lowest BCUT2D eigenvalue weighted by Gasteiger charge is -2.10. The molecule has 0 saturated carbocycles. The van der Waals surface area contributed by atoms with Crippen LogP contribution < -0.4 is 10.1 Å². The van der Waals surface area contributed by atoms with Crippen LogP contribution in [0.1, 0.15) is 16.1 Å². The van der Waals surface area contributed by atoms with Gasteiger partial charge in [-0.15, -0.1) is 13.2 Å². The summed E-state index contributed by atoms with van der Waals surface area (Å²) in [6.45, 7) is 0.103. The Morgan fingerprint density at radius 3 is 2.52 bits per heavy atom. The number of nitrogens with zero attached hydrogens (tertiary/aromatic N) is 2. The topological polar surface area (TPSA) is 64.1 Å². The largest absolute Gasteiger partial charge is 0.573 e. The highest BCUT2D eigenvalue weighted by Gasteiger charge is 2.31. The summed E-state index contributed by atoms with van der Waals surface area (Å²) in [5, 5.41) is 2.62. The van der Waals surface area contributed by atoms with Crippen LogP contribution in [-0.2, 0) is 6.54 Å². The van der Waals surface area contributed by atoms with Crippen molar-refractivity contribution >= 4 is 5.91 Å². The second-order valence-electron chi connectivity index (χ2n) is 5.52. The molecule has 1 amide bonds.